The maximum absolute atomic E-state index is 13.3. The highest BCUT2D eigenvalue weighted by atomic mass is 19.1. The lowest BCUT2D eigenvalue weighted by molar-refractivity contribution is -0.145. The van der Waals surface area contributed by atoms with Gasteiger partial charge in [-0.1, -0.05) is 0 Å². The summed E-state index contributed by atoms with van der Waals surface area (Å²) in [6, 6.07) is 2.39. The monoisotopic (exact) mass is 308 g/mol. The lowest BCUT2D eigenvalue weighted by atomic mass is 10.1. The Hall–Kier alpha value is -2.35. The quantitative estimate of drug-likeness (QED) is 0.926. The third-order valence-corrected chi connectivity index (χ3v) is 3.75. The van der Waals surface area contributed by atoms with Crippen molar-refractivity contribution in [3.8, 4) is 0 Å². The molecule has 0 fully saturated rings. The molecule has 1 aliphatic rings. The highest BCUT2D eigenvalue weighted by Gasteiger charge is 2.33. The van der Waals surface area contributed by atoms with Crippen molar-refractivity contribution in [2.75, 3.05) is 0 Å². The van der Waals surface area contributed by atoms with Crippen molar-refractivity contribution in [2.24, 2.45) is 0 Å². The van der Waals surface area contributed by atoms with Crippen LogP contribution < -0.4 is 0 Å². The van der Waals surface area contributed by atoms with E-state index in [1.807, 2.05) is 0 Å². The molecule has 2 heterocycles. The topological polar surface area (TPSA) is 71.2 Å². The summed E-state index contributed by atoms with van der Waals surface area (Å²) >= 11 is 0. The van der Waals surface area contributed by atoms with Crippen molar-refractivity contribution in [1.82, 2.24) is 19.7 Å². The molecular weight excluding hydrogens is 294 g/mol. The van der Waals surface area contributed by atoms with Crippen LogP contribution in [0, 0.1) is 18.6 Å². The minimum absolute atomic E-state index is 0.123. The van der Waals surface area contributed by atoms with Gasteiger partial charge < -0.3 is 9.67 Å². The van der Waals surface area contributed by atoms with Crippen molar-refractivity contribution in [3.63, 3.8) is 0 Å². The molecule has 1 N–H and O–H groups in total. The number of aryl methyl sites for hydroxylation is 1. The smallest absolute Gasteiger partial charge is 0.322 e. The number of fused-ring (bicyclic) bond motifs is 1. The zero-order chi connectivity index (χ0) is 15.9. The van der Waals surface area contributed by atoms with E-state index in [2.05, 4.69) is 10.2 Å². The number of halogens is 2. The van der Waals surface area contributed by atoms with E-state index in [0.717, 1.165) is 6.07 Å². The number of hydrogen-bond donors (Lipinski definition) is 1. The van der Waals surface area contributed by atoms with Crippen LogP contribution in [0.2, 0.25) is 0 Å². The summed E-state index contributed by atoms with van der Waals surface area (Å²) in [4.78, 5) is 13.1. The summed E-state index contributed by atoms with van der Waals surface area (Å²) in [6.45, 7) is 2.35. The zero-order valence-electron chi connectivity index (χ0n) is 11.8. The van der Waals surface area contributed by atoms with Crippen molar-refractivity contribution >= 4 is 5.97 Å². The van der Waals surface area contributed by atoms with Crippen LogP contribution in [0.4, 0.5) is 8.78 Å². The minimum Gasteiger partial charge on any atom is -0.480 e. The van der Waals surface area contributed by atoms with E-state index < -0.39 is 23.6 Å². The molecule has 22 heavy (non-hydrogen) atoms. The Morgan fingerprint density at radius 1 is 1.32 bits per heavy atom. The predicted octanol–water partition coefficient (Wildman–Crippen LogP) is 1.33. The fourth-order valence-corrected chi connectivity index (χ4v) is 2.70. The molecular formula is C14H14F2N4O2. The van der Waals surface area contributed by atoms with Gasteiger partial charge in [0.1, 0.15) is 29.3 Å². The van der Waals surface area contributed by atoms with Crippen molar-refractivity contribution < 1.29 is 18.7 Å². The van der Waals surface area contributed by atoms with Gasteiger partial charge in [0.25, 0.3) is 0 Å². The molecule has 1 unspecified atom stereocenters. The van der Waals surface area contributed by atoms with Crippen molar-refractivity contribution in [3.05, 3.63) is 47.0 Å². The molecule has 2 aromatic rings. The molecule has 0 saturated heterocycles. The molecule has 0 amide bonds. The van der Waals surface area contributed by atoms with Crippen LogP contribution in [0.1, 0.15) is 17.2 Å². The van der Waals surface area contributed by atoms with Gasteiger partial charge in [0.05, 0.1) is 13.1 Å². The first kappa shape index (κ1) is 14.6. The molecule has 1 aliphatic heterocycles. The average Bonchev–Trinajstić information content (AvgIpc) is 2.77. The number of carbonyl (C=O) groups is 1. The number of aromatic nitrogens is 3. The molecule has 0 aliphatic carbocycles. The second kappa shape index (κ2) is 5.45. The summed E-state index contributed by atoms with van der Waals surface area (Å²) in [5.74, 6) is -1.06. The van der Waals surface area contributed by atoms with E-state index in [0.29, 0.717) is 17.2 Å². The first-order valence-corrected chi connectivity index (χ1v) is 6.74. The molecule has 8 heteroatoms. The number of carboxylic acids is 1. The Labute approximate surface area is 125 Å². The van der Waals surface area contributed by atoms with Gasteiger partial charge in [-0.25, -0.2) is 8.78 Å². The molecule has 0 bridgehead atoms. The minimum atomic E-state index is -0.990. The van der Waals surface area contributed by atoms with Crippen LogP contribution in [0.3, 0.4) is 0 Å². The Morgan fingerprint density at radius 3 is 2.64 bits per heavy atom. The molecule has 1 aromatic carbocycles. The predicted molar refractivity (Wildman–Crippen MR) is 71.8 cm³/mol. The van der Waals surface area contributed by atoms with Crippen LogP contribution in [0.25, 0.3) is 0 Å². The Morgan fingerprint density at radius 2 is 2.00 bits per heavy atom. The highest BCUT2D eigenvalue weighted by molar-refractivity contribution is 5.73. The molecule has 116 valence electrons. The van der Waals surface area contributed by atoms with E-state index >= 15 is 0 Å². The fraction of sp³-hybridized carbons (Fsp3) is 0.357. The molecule has 3 rings (SSSR count). The number of carboxylic acid groups (broad SMARTS) is 1. The Bertz CT molecular complexity index is 711. The molecule has 1 atom stereocenters. The van der Waals surface area contributed by atoms with E-state index in [4.69, 9.17) is 0 Å². The van der Waals surface area contributed by atoms with Gasteiger partial charge in [-0.15, -0.1) is 10.2 Å². The maximum atomic E-state index is 13.3. The largest absolute Gasteiger partial charge is 0.480 e. The normalized spacial score (nSPS) is 18.2. The molecule has 0 saturated carbocycles. The van der Waals surface area contributed by atoms with Gasteiger partial charge in [0.2, 0.25) is 0 Å². The second-order valence-corrected chi connectivity index (χ2v) is 5.31. The van der Waals surface area contributed by atoms with Crippen LogP contribution in [-0.2, 0) is 24.4 Å². The van der Waals surface area contributed by atoms with Gasteiger partial charge in [-0.2, -0.15) is 0 Å². The van der Waals surface area contributed by atoms with E-state index in [1.54, 1.807) is 16.4 Å². The number of aliphatic carboxylic acids is 1. The third-order valence-electron chi connectivity index (χ3n) is 3.75. The lowest BCUT2D eigenvalue weighted by Gasteiger charge is -2.33. The standard InChI is InChI=1S/C14H14F2N4O2/c1-8-17-18-13-7-19(12(14(21)22)6-20(8)13)5-9-2-10(15)4-11(16)3-9/h2-4,12H,5-7H2,1H3,(H,21,22). The zero-order valence-corrected chi connectivity index (χ0v) is 11.8. The van der Waals surface area contributed by atoms with E-state index in [9.17, 15) is 18.7 Å². The van der Waals surface area contributed by atoms with Gasteiger partial charge in [0, 0.05) is 12.6 Å². The molecule has 6 nitrogen and oxygen atoms in total. The molecule has 1 aromatic heterocycles. The van der Waals surface area contributed by atoms with Crippen LogP contribution in [-0.4, -0.2) is 36.8 Å². The summed E-state index contributed by atoms with van der Waals surface area (Å²) in [6.07, 6.45) is 0. The summed E-state index contributed by atoms with van der Waals surface area (Å²) < 4.78 is 28.3. The molecule has 0 radical (unpaired) electrons. The molecule has 0 spiro atoms. The average molecular weight is 308 g/mol. The first-order chi connectivity index (χ1) is 10.4. The van der Waals surface area contributed by atoms with Crippen LogP contribution in [0.15, 0.2) is 18.2 Å². The van der Waals surface area contributed by atoms with Gasteiger partial charge in [0.15, 0.2) is 0 Å². The maximum Gasteiger partial charge on any atom is 0.322 e. The SMILES string of the molecule is Cc1nnc2n1CC(C(=O)O)N(Cc1cc(F)cc(F)c1)C2. The fourth-order valence-electron chi connectivity index (χ4n) is 2.70. The van der Waals surface area contributed by atoms with Gasteiger partial charge in [-0.3, -0.25) is 9.69 Å². The number of nitrogens with zero attached hydrogens (tertiary/aromatic N) is 4. The van der Waals surface area contributed by atoms with E-state index in [-0.39, 0.29) is 19.6 Å². The third kappa shape index (κ3) is 2.69. The Balaban J connectivity index is 1.89. The van der Waals surface area contributed by atoms with Crippen LogP contribution in [0.5, 0.6) is 0 Å². The summed E-state index contributed by atoms with van der Waals surface area (Å²) in [7, 11) is 0. The highest BCUT2D eigenvalue weighted by Crippen LogP contribution is 2.21. The van der Waals surface area contributed by atoms with E-state index in [1.165, 1.54) is 12.1 Å². The Kier molecular flexibility index (Phi) is 3.61. The van der Waals surface area contributed by atoms with Gasteiger partial charge >= 0.3 is 5.97 Å². The number of hydrogen-bond acceptors (Lipinski definition) is 4. The van der Waals surface area contributed by atoms with Crippen molar-refractivity contribution in [2.45, 2.75) is 32.6 Å². The lowest BCUT2D eigenvalue weighted by Crippen LogP contribution is -2.47. The summed E-state index contributed by atoms with van der Waals surface area (Å²) in [5.41, 5.74) is 0.383. The summed E-state index contributed by atoms with van der Waals surface area (Å²) in [5, 5.41) is 17.3. The number of benzene rings is 1. The second-order valence-electron chi connectivity index (χ2n) is 5.31. The first-order valence-electron chi connectivity index (χ1n) is 6.74. The number of rotatable bonds is 3. The van der Waals surface area contributed by atoms with Crippen molar-refractivity contribution in [1.29, 1.82) is 0 Å². The van der Waals surface area contributed by atoms with Gasteiger partial charge in [-0.05, 0) is 24.6 Å². The van der Waals surface area contributed by atoms with Crippen LogP contribution >= 0.6 is 0 Å².